The Morgan fingerprint density at radius 1 is 1.06 bits per heavy atom. The van der Waals surface area contributed by atoms with Gasteiger partial charge in [-0.3, -0.25) is 4.90 Å². The molecule has 1 aliphatic rings. The highest BCUT2D eigenvalue weighted by atomic mass is 16.5. The molecule has 0 saturated heterocycles. The number of esters is 2. The van der Waals surface area contributed by atoms with Gasteiger partial charge >= 0.3 is 11.9 Å². The van der Waals surface area contributed by atoms with Crippen molar-refractivity contribution in [3.8, 4) is 6.07 Å². The van der Waals surface area contributed by atoms with Crippen LogP contribution in [0.15, 0.2) is 77.3 Å². The molecular formula is C24H23N3O5. The van der Waals surface area contributed by atoms with Gasteiger partial charge < -0.3 is 20.3 Å². The molecule has 3 N–H and O–H groups in total. The normalized spacial score (nSPS) is 17.0. The van der Waals surface area contributed by atoms with E-state index in [1.165, 1.54) is 19.1 Å². The molecule has 1 aliphatic heterocycles. The summed E-state index contributed by atoms with van der Waals surface area (Å²) in [5.74, 6) is -2.54. The molecule has 2 aromatic carbocycles. The van der Waals surface area contributed by atoms with Crippen molar-refractivity contribution >= 4 is 17.6 Å². The van der Waals surface area contributed by atoms with Gasteiger partial charge in [-0.15, -0.1) is 0 Å². The summed E-state index contributed by atoms with van der Waals surface area (Å²) in [6.45, 7) is 1.62. The molecule has 8 heteroatoms. The Balaban J connectivity index is 2.35. The van der Waals surface area contributed by atoms with Crippen molar-refractivity contribution in [1.29, 1.82) is 5.26 Å². The minimum atomic E-state index is -0.921. The molecule has 0 saturated carbocycles. The number of carbonyl (C=O) groups is 2. The maximum Gasteiger partial charge on any atom is 0.355 e. The van der Waals surface area contributed by atoms with Gasteiger partial charge in [-0.25, -0.2) is 9.59 Å². The SMILES string of the molecule is COC(=O)C1=C(C(=O)OC)N(c2ccc(C(C)O)cc2)C(N)=C(C#N)C1c1ccccc1. The third kappa shape index (κ3) is 3.94. The quantitative estimate of drug-likeness (QED) is 0.689. The number of ether oxygens (including phenoxy) is 2. The summed E-state index contributed by atoms with van der Waals surface area (Å²) in [5.41, 5.74) is 7.95. The lowest BCUT2D eigenvalue weighted by molar-refractivity contribution is -0.139. The molecule has 3 rings (SSSR count). The Kier molecular flexibility index (Phi) is 6.61. The molecule has 32 heavy (non-hydrogen) atoms. The van der Waals surface area contributed by atoms with E-state index >= 15 is 0 Å². The molecule has 0 aliphatic carbocycles. The number of nitriles is 1. The highest BCUT2D eigenvalue weighted by Gasteiger charge is 2.42. The van der Waals surface area contributed by atoms with Crippen LogP contribution in [0.4, 0.5) is 5.69 Å². The molecule has 2 unspecified atom stereocenters. The lowest BCUT2D eigenvalue weighted by Crippen LogP contribution is -2.40. The molecular weight excluding hydrogens is 410 g/mol. The Morgan fingerprint density at radius 2 is 1.66 bits per heavy atom. The third-order valence-electron chi connectivity index (χ3n) is 5.24. The zero-order valence-corrected chi connectivity index (χ0v) is 17.9. The average Bonchev–Trinajstić information content (AvgIpc) is 2.82. The number of hydrogen-bond donors (Lipinski definition) is 2. The van der Waals surface area contributed by atoms with Crippen molar-refractivity contribution < 1.29 is 24.2 Å². The molecule has 2 aromatic rings. The van der Waals surface area contributed by atoms with E-state index in [9.17, 15) is 20.0 Å². The maximum atomic E-state index is 12.9. The van der Waals surface area contributed by atoms with Gasteiger partial charge in [0.05, 0.1) is 43.5 Å². The van der Waals surface area contributed by atoms with Crippen LogP contribution in [0.25, 0.3) is 0 Å². The minimum absolute atomic E-state index is 0.0146. The molecule has 0 spiro atoms. The summed E-state index contributed by atoms with van der Waals surface area (Å²) in [4.78, 5) is 27.2. The zero-order chi connectivity index (χ0) is 23.4. The van der Waals surface area contributed by atoms with E-state index in [0.29, 0.717) is 16.8 Å². The summed E-state index contributed by atoms with van der Waals surface area (Å²) < 4.78 is 9.97. The fraction of sp³-hybridized carbons (Fsp3) is 0.208. The van der Waals surface area contributed by atoms with Crippen molar-refractivity contribution in [3.05, 3.63) is 88.4 Å². The largest absolute Gasteiger partial charge is 0.466 e. The van der Waals surface area contributed by atoms with Gasteiger partial charge in [0, 0.05) is 5.69 Å². The van der Waals surface area contributed by atoms with Crippen LogP contribution in [0, 0.1) is 11.3 Å². The fourth-order valence-electron chi connectivity index (χ4n) is 3.68. The van der Waals surface area contributed by atoms with E-state index in [2.05, 4.69) is 6.07 Å². The number of aliphatic hydroxyl groups excluding tert-OH is 1. The highest BCUT2D eigenvalue weighted by molar-refractivity contribution is 6.06. The summed E-state index contributed by atoms with van der Waals surface area (Å²) in [6, 6.07) is 17.5. The van der Waals surface area contributed by atoms with E-state index in [4.69, 9.17) is 15.2 Å². The summed E-state index contributed by atoms with van der Waals surface area (Å²) >= 11 is 0. The van der Waals surface area contributed by atoms with E-state index in [1.807, 2.05) is 0 Å². The van der Waals surface area contributed by atoms with Gasteiger partial charge in [-0.05, 0) is 30.2 Å². The number of anilines is 1. The molecule has 0 radical (unpaired) electrons. The lowest BCUT2D eigenvalue weighted by Gasteiger charge is -2.36. The number of nitrogens with two attached hydrogens (primary N) is 1. The first kappa shape index (κ1) is 22.6. The predicted molar refractivity (Wildman–Crippen MR) is 117 cm³/mol. The van der Waals surface area contributed by atoms with Crippen molar-refractivity contribution in [3.63, 3.8) is 0 Å². The van der Waals surface area contributed by atoms with Crippen LogP contribution >= 0.6 is 0 Å². The second-order valence-electron chi connectivity index (χ2n) is 7.10. The number of benzene rings is 2. The Hall–Kier alpha value is -4.09. The first-order valence-corrected chi connectivity index (χ1v) is 9.79. The number of nitrogens with zero attached hydrogens (tertiary/aromatic N) is 2. The van der Waals surface area contributed by atoms with Crippen molar-refractivity contribution in [2.75, 3.05) is 19.1 Å². The van der Waals surface area contributed by atoms with Crippen molar-refractivity contribution in [2.24, 2.45) is 5.73 Å². The van der Waals surface area contributed by atoms with E-state index in [-0.39, 0.29) is 22.7 Å². The number of allylic oxidation sites excluding steroid dienone is 1. The van der Waals surface area contributed by atoms with Crippen LogP contribution in [-0.4, -0.2) is 31.3 Å². The Morgan fingerprint density at radius 3 is 2.16 bits per heavy atom. The number of methoxy groups -OCH3 is 2. The minimum Gasteiger partial charge on any atom is -0.466 e. The molecule has 0 amide bonds. The van der Waals surface area contributed by atoms with E-state index in [0.717, 1.165) is 0 Å². The monoisotopic (exact) mass is 433 g/mol. The molecule has 8 nitrogen and oxygen atoms in total. The van der Waals surface area contributed by atoms with Crippen LogP contribution in [0.5, 0.6) is 0 Å². The summed E-state index contributed by atoms with van der Waals surface area (Å²) in [6.07, 6.45) is -0.698. The highest BCUT2D eigenvalue weighted by Crippen LogP contribution is 2.43. The molecule has 0 bridgehead atoms. The van der Waals surface area contributed by atoms with Crippen LogP contribution in [0.3, 0.4) is 0 Å². The van der Waals surface area contributed by atoms with Gasteiger partial charge in [-0.1, -0.05) is 42.5 Å². The second kappa shape index (κ2) is 9.37. The van der Waals surface area contributed by atoms with Gasteiger partial charge in [0.15, 0.2) is 0 Å². The smallest absolute Gasteiger partial charge is 0.355 e. The first-order valence-electron chi connectivity index (χ1n) is 9.79. The maximum absolute atomic E-state index is 12.9. The second-order valence-corrected chi connectivity index (χ2v) is 7.10. The summed E-state index contributed by atoms with van der Waals surface area (Å²) in [5, 5.41) is 19.8. The zero-order valence-electron chi connectivity index (χ0n) is 17.9. The van der Waals surface area contributed by atoms with Crippen LogP contribution in [-0.2, 0) is 19.1 Å². The standard InChI is InChI=1S/C24H23N3O5/c1-14(28)15-9-11-17(12-10-15)27-21(24(30)32-3)20(23(29)31-2)19(18(13-25)22(27)26)16-7-5-4-6-8-16/h4-12,14,19,28H,26H2,1-3H3. The van der Waals surface area contributed by atoms with E-state index < -0.39 is 24.0 Å². The molecule has 1 heterocycles. The number of hydrogen-bond acceptors (Lipinski definition) is 8. The number of aliphatic hydroxyl groups is 1. The number of carbonyl (C=O) groups excluding carboxylic acids is 2. The van der Waals surface area contributed by atoms with Gasteiger partial charge in [-0.2, -0.15) is 5.26 Å². The van der Waals surface area contributed by atoms with Gasteiger partial charge in [0.25, 0.3) is 0 Å². The fourth-order valence-corrected chi connectivity index (χ4v) is 3.68. The van der Waals surface area contributed by atoms with Gasteiger partial charge in [0.1, 0.15) is 11.5 Å². The van der Waals surface area contributed by atoms with Crippen LogP contribution in [0.1, 0.15) is 30.1 Å². The summed E-state index contributed by atoms with van der Waals surface area (Å²) in [7, 11) is 2.39. The van der Waals surface area contributed by atoms with Crippen molar-refractivity contribution in [2.45, 2.75) is 18.9 Å². The molecule has 164 valence electrons. The van der Waals surface area contributed by atoms with Crippen LogP contribution < -0.4 is 10.6 Å². The van der Waals surface area contributed by atoms with Crippen molar-refractivity contribution in [1.82, 2.24) is 0 Å². The molecule has 0 aromatic heterocycles. The number of rotatable bonds is 5. The lowest BCUT2D eigenvalue weighted by atomic mass is 9.81. The van der Waals surface area contributed by atoms with E-state index in [1.54, 1.807) is 61.5 Å². The third-order valence-corrected chi connectivity index (χ3v) is 5.24. The van der Waals surface area contributed by atoms with Gasteiger partial charge in [0.2, 0.25) is 0 Å². The molecule has 0 fully saturated rings. The Bertz CT molecular complexity index is 1130. The first-order chi connectivity index (χ1) is 15.3. The average molecular weight is 433 g/mol. The Labute approximate surface area is 185 Å². The van der Waals surface area contributed by atoms with Crippen LogP contribution in [0.2, 0.25) is 0 Å². The topological polar surface area (TPSA) is 126 Å². The molecule has 2 atom stereocenters. The predicted octanol–water partition coefficient (Wildman–Crippen LogP) is 2.64.